The molecule has 2 unspecified atom stereocenters. The summed E-state index contributed by atoms with van der Waals surface area (Å²) in [4.78, 5) is 0. The third-order valence-electron chi connectivity index (χ3n) is 3.60. The maximum absolute atomic E-state index is 13.4. The maximum Gasteiger partial charge on any atom is 0.126 e. The van der Waals surface area contributed by atoms with Crippen LogP contribution in [-0.4, -0.2) is 0 Å². The van der Waals surface area contributed by atoms with Gasteiger partial charge in [-0.15, -0.1) is 0 Å². The molecule has 1 aliphatic carbocycles. The van der Waals surface area contributed by atoms with Crippen LogP contribution in [-0.2, 0) is 0 Å². The molecule has 0 radical (unpaired) electrons. The van der Waals surface area contributed by atoms with Crippen LogP contribution >= 0.6 is 0 Å². The Bertz CT molecular complexity index is 384. The van der Waals surface area contributed by atoms with Gasteiger partial charge in [0.15, 0.2) is 0 Å². The highest BCUT2D eigenvalue weighted by atomic mass is 19.1. The zero-order chi connectivity index (χ0) is 11.2. The molecule has 1 aliphatic rings. The number of rotatable bonds is 2. The largest absolute Gasteiger partial charge is 0.324 e. The number of aryl methyl sites for hydroxylation is 1. The second-order valence-electron chi connectivity index (χ2n) is 5.33. The molecule has 1 saturated carbocycles. The van der Waals surface area contributed by atoms with Gasteiger partial charge in [0.05, 0.1) is 0 Å². The number of hydrogen-bond acceptors (Lipinski definition) is 1. The van der Waals surface area contributed by atoms with E-state index in [0.29, 0.717) is 16.9 Å². The summed E-state index contributed by atoms with van der Waals surface area (Å²) in [6, 6.07) is 5.31. The smallest absolute Gasteiger partial charge is 0.126 e. The average Bonchev–Trinajstić information content (AvgIpc) is 2.79. The molecule has 82 valence electrons. The number of hydrogen-bond donors (Lipinski definition) is 1. The third-order valence-corrected chi connectivity index (χ3v) is 3.60. The standard InChI is InChI=1S/C13H18FN/c1-8-4-5-9(6-11(8)14)12(15)10-7-13(10,2)3/h4-6,10,12H,7,15H2,1-3H3. The van der Waals surface area contributed by atoms with E-state index in [1.807, 2.05) is 6.07 Å². The summed E-state index contributed by atoms with van der Waals surface area (Å²) >= 11 is 0. The van der Waals surface area contributed by atoms with Crippen LogP contribution in [0.4, 0.5) is 4.39 Å². The monoisotopic (exact) mass is 207 g/mol. The zero-order valence-electron chi connectivity index (χ0n) is 9.55. The SMILES string of the molecule is Cc1ccc(C(N)C2CC2(C)C)cc1F. The highest BCUT2D eigenvalue weighted by Crippen LogP contribution is 2.56. The van der Waals surface area contributed by atoms with E-state index >= 15 is 0 Å². The lowest BCUT2D eigenvalue weighted by Crippen LogP contribution is -2.15. The number of benzene rings is 1. The molecule has 0 aromatic heterocycles. The first kappa shape index (κ1) is 10.6. The summed E-state index contributed by atoms with van der Waals surface area (Å²) < 4.78 is 13.4. The third kappa shape index (κ3) is 1.91. The van der Waals surface area contributed by atoms with Crippen molar-refractivity contribution in [1.29, 1.82) is 0 Å². The molecule has 1 fully saturated rings. The molecule has 2 atom stereocenters. The van der Waals surface area contributed by atoms with Gasteiger partial charge in [-0.25, -0.2) is 4.39 Å². The molecule has 1 aromatic rings. The van der Waals surface area contributed by atoms with Crippen molar-refractivity contribution in [1.82, 2.24) is 0 Å². The molecular formula is C13H18FN. The summed E-state index contributed by atoms with van der Waals surface area (Å²) in [6.45, 7) is 6.19. The quantitative estimate of drug-likeness (QED) is 0.792. The van der Waals surface area contributed by atoms with E-state index < -0.39 is 0 Å². The molecule has 0 bridgehead atoms. The van der Waals surface area contributed by atoms with Gasteiger partial charge in [0.1, 0.15) is 5.82 Å². The van der Waals surface area contributed by atoms with Crippen molar-refractivity contribution in [2.75, 3.05) is 0 Å². The van der Waals surface area contributed by atoms with E-state index in [1.54, 1.807) is 19.1 Å². The Morgan fingerprint density at radius 2 is 2.07 bits per heavy atom. The minimum Gasteiger partial charge on any atom is -0.324 e. The van der Waals surface area contributed by atoms with Gasteiger partial charge in [-0.3, -0.25) is 0 Å². The minimum absolute atomic E-state index is 0.0184. The number of nitrogens with two attached hydrogens (primary N) is 1. The van der Waals surface area contributed by atoms with Gasteiger partial charge in [-0.2, -0.15) is 0 Å². The second-order valence-corrected chi connectivity index (χ2v) is 5.33. The molecule has 1 nitrogen and oxygen atoms in total. The van der Waals surface area contributed by atoms with Crippen LogP contribution in [0, 0.1) is 24.1 Å². The molecule has 1 aromatic carbocycles. The summed E-state index contributed by atoms with van der Waals surface area (Å²) in [5.41, 5.74) is 8.07. The van der Waals surface area contributed by atoms with Gasteiger partial charge in [0, 0.05) is 6.04 Å². The van der Waals surface area contributed by atoms with Gasteiger partial charge in [-0.1, -0.05) is 26.0 Å². The molecule has 0 heterocycles. The molecule has 0 amide bonds. The van der Waals surface area contributed by atoms with E-state index in [-0.39, 0.29) is 11.9 Å². The topological polar surface area (TPSA) is 26.0 Å². The Morgan fingerprint density at radius 1 is 1.47 bits per heavy atom. The van der Waals surface area contributed by atoms with Crippen LogP contribution in [0.3, 0.4) is 0 Å². The predicted molar refractivity (Wildman–Crippen MR) is 60.0 cm³/mol. The summed E-state index contributed by atoms with van der Waals surface area (Å²) in [7, 11) is 0. The van der Waals surface area contributed by atoms with Crippen LogP contribution in [0.15, 0.2) is 18.2 Å². The van der Waals surface area contributed by atoms with Gasteiger partial charge >= 0.3 is 0 Å². The van der Waals surface area contributed by atoms with Crippen molar-refractivity contribution in [2.45, 2.75) is 33.2 Å². The first-order valence-electron chi connectivity index (χ1n) is 5.43. The Balaban J connectivity index is 2.20. The molecular weight excluding hydrogens is 189 g/mol. The summed E-state index contributed by atoms with van der Waals surface area (Å²) in [5.74, 6) is 0.348. The van der Waals surface area contributed by atoms with Crippen LogP contribution < -0.4 is 5.73 Å². The maximum atomic E-state index is 13.4. The van der Waals surface area contributed by atoms with E-state index in [9.17, 15) is 4.39 Å². The van der Waals surface area contributed by atoms with Crippen LogP contribution in [0.5, 0.6) is 0 Å². The van der Waals surface area contributed by atoms with Gasteiger partial charge < -0.3 is 5.73 Å². The molecule has 2 rings (SSSR count). The normalized spacial score (nSPS) is 25.0. The van der Waals surface area contributed by atoms with Crippen molar-refractivity contribution >= 4 is 0 Å². The van der Waals surface area contributed by atoms with Crippen LogP contribution in [0.25, 0.3) is 0 Å². The van der Waals surface area contributed by atoms with Crippen molar-refractivity contribution in [2.24, 2.45) is 17.1 Å². The first-order chi connectivity index (χ1) is 6.92. The van der Waals surface area contributed by atoms with Crippen molar-refractivity contribution in [3.63, 3.8) is 0 Å². The lowest BCUT2D eigenvalue weighted by atomic mass is 9.97. The summed E-state index contributed by atoms with van der Waals surface area (Å²) in [6.07, 6.45) is 1.14. The molecule has 0 saturated heterocycles. The minimum atomic E-state index is -0.151. The highest BCUT2D eigenvalue weighted by molar-refractivity contribution is 5.27. The molecule has 15 heavy (non-hydrogen) atoms. The van der Waals surface area contributed by atoms with Gasteiger partial charge in [0.2, 0.25) is 0 Å². The van der Waals surface area contributed by atoms with Crippen molar-refractivity contribution in [3.8, 4) is 0 Å². The van der Waals surface area contributed by atoms with E-state index in [2.05, 4.69) is 13.8 Å². The Labute approximate surface area is 90.5 Å². The Kier molecular flexibility index (Phi) is 2.34. The van der Waals surface area contributed by atoms with Crippen molar-refractivity contribution in [3.05, 3.63) is 35.1 Å². The fourth-order valence-corrected chi connectivity index (χ4v) is 2.17. The average molecular weight is 207 g/mol. The molecule has 0 aliphatic heterocycles. The lowest BCUT2D eigenvalue weighted by Gasteiger charge is -2.14. The molecule has 2 N–H and O–H groups in total. The van der Waals surface area contributed by atoms with E-state index in [1.165, 1.54) is 0 Å². The summed E-state index contributed by atoms with van der Waals surface area (Å²) in [5, 5.41) is 0. The van der Waals surface area contributed by atoms with E-state index in [4.69, 9.17) is 5.73 Å². The fourth-order valence-electron chi connectivity index (χ4n) is 2.17. The van der Waals surface area contributed by atoms with Crippen LogP contribution in [0.1, 0.15) is 37.4 Å². The van der Waals surface area contributed by atoms with Crippen molar-refractivity contribution < 1.29 is 4.39 Å². The Hall–Kier alpha value is -0.890. The fraction of sp³-hybridized carbons (Fsp3) is 0.538. The van der Waals surface area contributed by atoms with Crippen LogP contribution in [0.2, 0.25) is 0 Å². The Morgan fingerprint density at radius 3 is 2.53 bits per heavy atom. The zero-order valence-corrected chi connectivity index (χ0v) is 9.55. The van der Waals surface area contributed by atoms with Gasteiger partial charge in [0.25, 0.3) is 0 Å². The van der Waals surface area contributed by atoms with Gasteiger partial charge in [-0.05, 0) is 41.9 Å². The first-order valence-corrected chi connectivity index (χ1v) is 5.43. The predicted octanol–water partition coefficient (Wildman–Crippen LogP) is 3.18. The molecule has 2 heteroatoms. The second kappa shape index (κ2) is 3.31. The lowest BCUT2D eigenvalue weighted by molar-refractivity contribution is 0.489. The highest BCUT2D eigenvalue weighted by Gasteiger charge is 2.49. The van der Waals surface area contributed by atoms with E-state index in [0.717, 1.165) is 12.0 Å². The number of halogens is 1. The molecule has 0 spiro atoms.